The molecule has 1 aromatic rings. The fourth-order valence-electron chi connectivity index (χ4n) is 1.09. The molecule has 0 fully saturated rings. The molecule has 4 heteroatoms. The van der Waals surface area contributed by atoms with Crippen LogP contribution in [0.25, 0.3) is 0 Å². The van der Waals surface area contributed by atoms with Gasteiger partial charge >= 0.3 is 0 Å². The Morgan fingerprint density at radius 2 is 2.20 bits per heavy atom. The van der Waals surface area contributed by atoms with Crippen LogP contribution in [0.5, 0.6) is 0 Å². The molecule has 0 spiro atoms. The SMILES string of the molecule is CSC(C)(C)CNc1ncc(Br)cc1C. The molecule has 0 aliphatic carbocycles. The molecule has 0 radical (unpaired) electrons. The van der Waals surface area contributed by atoms with E-state index in [2.05, 4.69) is 59.3 Å². The van der Waals surface area contributed by atoms with E-state index in [1.165, 1.54) is 5.56 Å². The van der Waals surface area contributed by atoms with Crippen molar-refractivity contribution in [2.45, 2.75) is 25.5 Å². The van der Waals surface area contributed by atoms with Crippen molar-refractivity contribution in [2.24, 2.45) is 0 Å². The predicted molar refractivity (Wildman–Crippen MR) is 72.8 cm³/mol. The van der Waals surface area contributed by atoms with Gasteiger partial charge in [-0.25, -0.2) is 4.98 Å². The minimum absolute atomic E-state index is 0.237. The summed E-state index contributed by atoms with van der Waals surface area (Å²) in [6.07, 6.45) is 3.95. The van der Waals surface area contributed by atoms with Crippen molar-refractivity contribution in [1.29, 1.82) is 0 Å². The normalized spacial score (nSPS) is 11.5. The first kappa shape index (κ1) is 12.8. The smallest absolute Gasteiger partial charge is 0.128 e. The van der Waals surface area contributed by atoms with Crippen molar-refractivity contribution in [1.82, 2.24) is 4.98 Å². The van der Waals surface area contributed by atoms with Gasteiger partial charge in [-0.3, -0.25) is 0 Å². The molecule has 0 amide bonds. The first-order valence-corrected chi connectivity index (χ1v) is 6.87. The van der Waals surface area contributed by atoms with Crippen LogP contribution >= 0.6 is 27.7 Å². The van der Waals surface area contributed by atoms with Crippen molar-refractivity contribution in [3.05, 3.63) is 22.3 Å². The van der Waals surface area contributed by atoms with Crippen molar-refractivity contribution in [3.8, 4) is 0 Å². The van der Waals surface area contributed by atoms with Gasteiger partial charge < -0.3 is 5.32 Å². The number of aryl methyl sites for hydroxylation is 1. The third-order valence-electron chi connectivity index (χ3n) is 2.28. The summed E-state index contributed by atoms with van der Waals surface area (Å²) in [6.45, 7) is 7.42. The Hall–Kier alpha value is -0.220. The highest BCUT2D eigenvalue weighted by Crippen LogP contribution is 2.23. The fourth-order valence-corrected chi connectivity index (χ4v) is 1.76. The second-order valence-corrected chi connectivity index (χ2v) is 6.57. The minimum atomic E-state index is 0.237. The Morgan fingerprint density at radius 3 is 2.73 bits per heavy atom. The molecule has 0 saturated heterocycles. The summed E-state index contributed by atoms with van der Waals surface area (Å²) in [5.74, 6) is 0.973. The second-order valence-electron chi connectivity index (χ2n) is 4.14. The highest BCUT2D eigenvalue weighted by molar-refractivity contribution is 9.10. The standard InChI is InChI=1S/C11H17BrN2S/c1-8-5-9(12)6-13-10(8)14-7-11(2,3)15-4/h5-6H,7H2,1-4H3,(H,13,14). The van der Waals surface area contributed by atoms with Gasteiger partial charge in [0.2, 0.25) is 0 Å². The molecule has 0 aromatic carbocycles. The summed E-state index contributed by atoms with van der Waals surface area (Å²) in [7, 11) is 0. The van der Waals surface area contributed by atoms with E-state index in [4.69, 9.17) is 0 Å². The van der Waals surface area contributed by atoms with Gasteiger partial charge in [-0.2, -0.15) is 11.8 Å². The predicted octanol–water partition coefficient (Wildman–Crippen LogP) is 3.71. The number of anilines is 1. The largest absolute Gasteiger partial charge is 0.368 e. The monoisotopic (exact) mass is 288 g/mol. The highest BCUT2D eigenvalue weighted by atomic mass is 79.9. The Balaban J connectivity index is 2.66. The van der Waals surface area contributed by atoms with Crippen molar-refractivity contribution >= 4 is 33.5 Å². The lowest BCUT2D eigenvalue weighted by molar-refractivity contribution is 0.749. The number of thioether (sulfide) groups is 1. The molecule has 0 aliphatic rings. The molecule has 2 nitrogen and oxygen atoms in total. The second kappa shape index (κ2) is 5.21. The van der Waals surface area contributed by atoms with Gasteiger partial charge in [-0.1, -0.05) is 0 Å². The van der Waals surface area contributed by atoms with Crippen LogP contribution in [0.3, 0.4) is 0 Å². The Labute approximate surface area is 104 Å². The molecule has 1 rings (SSSR count). The van der Waals surface area contributed by atoms with E-state index in [0.717, 1.165) is 16.8 Å². The molecule has 0 atom stereocenters. The third-order valence-corrected chi connectivity index (χ3v) is 3.96. The maximum absolute atomic E-state index is 4.35. The summed E-state index contributed by atoms with van der Waals surface area (Å²) < 4.78 is 1.26. The third kappa shape index (κ3) is 4.03. The van der Waals surface area contributed by atoms with Gasteiger partial charge in [-0.05, 0) is 54.6 Å². The minimum Gasteiger partial charge on any atom is -0.368 e. The maximum Gasteiger partial charge on any atom is 0.128 e. The molecule has 1 aromatic heterocycles. The lowest BCUT2D eigenvalue weighted by Crippen LogP contribution is -2.26. The molecule has 15 heavy (non-hydrogen) atoms. The Morgan fingerprint density at radius 1 is 1.53 bits per heavy atom. The van der Waals surface area contributed by atoms with Crippen LogP contribution in [0.15, 0.2) is 16.7 Å². The van der Waals surface area contributed by atoms with Crippen molar-refractivity contribution in [3.63, 3.8) is 0 Å². The molecule has 84 valence electrons. The number of nitrogens with one attached hydrogen (secondary N) is 1. The van der Waals surface area contributed by atoms with E-state index in [1.807, 2.05) is 18.0 Å². The van der Waals surface area contributed by atoms with Crippen LogP contribution in [-0.4, -0.2) is 22.5 Å². The first-order chi connectivity index (χ1) is 6.94. The van der Waals surface area contributed by atoms with Gasteiger partial charge in [0, 0.05) is 22.0 Å². The molecule has 0 bridgehead atoms. The summed E-state index contributed by atoms with van der Waals surface area (Å²) in [5.41, 5.74) is 1.17. The van der Waals surface area contributed by atoms with Gasteiger partial charge in [0.05, 0.1) is 0 Å². The van der Waals surface area contributed by atoms with E-state index in [-0.39, 0.29) is 4.75 Å². The average Bonchev–Trinajstić information content (AvgIpc) is 2.16. The lowest BCUT2D eigenvalue weighted by Gasteiger charge is -2.23. The van der Waals surface area contributed by atoms with Crippen molar-refractivity contribution < 1.29 is 0 Å². The van der Waals surface area contributed by atoms with Crippen LogP contribution in [-0.2, 0) is 0 Å². The Bertz CT molecular complexity index is 339. The van der Waals surface area contributed by atoms with Gasteiger partial charge in [0.15, 0.2) is 0 Å². The molecular formula is C11H17BrN2S. The quantitative estimate of drug-likeness (QED) is 0.914. The van der Waals surface area contributed by atoms with Crippen LogP contribution in [0.2, 0.25) is 0 Å². The molecule has 1 N–H and O–H groups in total. The number of nitrogens with zero attached hydrogens (tertiary/aromatic N) is 1. The van der Waals surface area contributed by atoms with Gasteiger partial charge in [0.1, 0.15) is 5.82 Å². The van der Waals surface area contributed by atoms with Crippen molar-refractivity contribution in [2.75, 3.05) is 18.1 Å². The number of rotatable bonds is 4. The van der Waals surface area contributed by atoms with Crippen LogP contribution in [0, 0.1) is 6.92 Å². The molecule has 0 unspecified atom stereocenters. The van der Waals surface area contributed by atoms with Crippen LogP contribution < -0.4 is 5.32 Å². The van der Waals surface area contributed by atoms with E-state index in [9.17, 15) is 0 Å². The first-order valence-electron chi connectivity index (χ1n) is 4.86. The highest BCUT2D eigenvalue weighted by Gasteiger charge is 2.15. The molecular weight excluding hydrogens is 272 g/mol. The Kier molecular flexibility index (Phi) is 4.46. The van der Waals surface area contributed by atoms with E-state index >= 15 is 0 Å². The fraction of sp³-hybridized carbons (Fsp3) is 0.545. The summed E-state index contributed by atoms with van der Waals surface area (Å²) in [6, 6.07) is 2.07. The summed E-state index contributed by atoms with van der Waals surface area (Å²) in [5, 5.41) is 3.38. The van der Waals surface area contributed by atoms with E-state index < -0.39 is 0 Å². The zero-order valence-corrected chi connectivity index (χ0v) is 12.0. The number of hydrogen-bond acceptors (Lipinski definition) is 3. The molecule has 0 saturated carbocycles. The van der Waals surface area contributed by atoms with Crippen LogP contribution in [0.4, 0.5) is 5.82 Å². The van der Waals surface area contributed by atoms with E-state index in [1.54, 1.807) is 0 Å². The van der Waals surface area contributed by atoms with Gasteiger partial charge in [0.25, 0.3) is 0 Å². The number of aromatic nitrogens is 1. The molecule has 1 heterocycles. The lowest BCUT2D eigenvalue weighted by atomic mass is 10.2. The number of hydrogen-bond donors (Lipinski definition) is 1. The van der Waals surface area contributed by atoms with Crippen LogP contribution in [0.1, 0.15) is 19.4 Å². The average molecular weight is 289 g/mol. The maximum atomic E-state index is 4.35. The topological polar surface area (TPSA) is 24.9 Å². The zero-order chi connectivity index (χ0) is 11.5. The summed E-state index contributed by atoms with van der Waals surface area (Å²) in [4.78, 5) is 4.35. The summed E-state index contributed by atoms with van der Waals surface area (Å²) >= 11 is 5.26. The number of pyridine rings is 1. The molecule has 0 aliphatic heterocycles. The van der Waals surface area contributed by atoms with Gasteiger partial charge in [-0.15, -0.1) is 0 Å². The van der Waals surface area contributed by atoms with E-state index in [0.29, 0.717) is 0 Å². The number of halogens is 1. The zero-order valence-electron chi connectivity index (χ0n) is 9.60.